The molecule has 9 nitrogen and oxygen atoms in total. The molecule has 0 atom stereocenters. The number of non-ortho nitro benzene ring substituents is 1. The van der Waals surface area contributed by atoms with Crippen molar-refractivity contribution in [2.75, 3.05) is 13.7 Å². The zero-order chi connectivity index (χ0) is 22.6. The van der Waals surface area contributed by atoms with E-state index in [2.05, 4.69) is 4.98 Å². The van der Waals surface area contributed by atoms with Gasteiger partial charge in [-0.3, -0.25) is 15.1 Å². The molecule has 0 unspecified atom stereocenters. The van der Waals surface area contributed by atoms with Gasteiger partial charge in [0, 0.05) is 37.8 Å². The van der Waals surface area contributed by atoms with Crippen molar-refractivity contribution in [3.05, 3.63) is 56.9 Å². The first kappa shape index (κ1) is 23.0. The maximum atomic E-state index is 13.1. The van der Waals surface area contributed by atoms with Crippen LogP contribution in [0.4, 0.5) is 5.69 Å². The third-order valence-corrected chi connectivity index (χ3v) is 4.60. The summed E-state index contributed by atoms with van der Waals surface area (Å²) >= 11 is 0. The second-order valence-electron chi connectivity index (χ2n) is 7.41. The van der Waals surface area contributed by atoms with Crippen molar-refractivity contribution in [2.24, 2.45) is 0 Å². The Labute approximate surface area is 173 Å². The summed E-state index contributed by atoms with van der Waals surface area (Å²) < 4.78 is 10.7. The molecule has 0 saturated carbocycles. The molecule has 1 heterocycles. The molecule has 1 aromatic heterocycles. The van der Waals surface area contributed by atoms with Crippen LogP contribution in [0, 0.1) is 24.0 Å². The molecule has 1 N–H and O–H groups in total. The Morgan fingerprint density at radius 1 is 1.20 bits per heavy atom. The van der Waals surface area contributed by atoms with Crippen molar-refractivity contribution in [2.45, 2.75) is 39.7 Å². The van der Waals surface area contributed by atoms with E-state index >= 15 is 0 Å². The van der Waals surface area contributed by atoms with E-state index in [9.17, 15) is 24.8 Å². The summed E-state index contributed by atoms with van der Waals surface area (Å²) in [6.45, 7) is 6.87. The molecule has 0 radical (unpaired) electrons. The Hall–Kier alpha value is -3.33. The number of hydrogen-bond acceptors (Lipinski definition) is 7. The number of carbonyl (C=O) groups excluding carboxylic acids is 1. The van der Waals surface area contributed by atoms with Gasteiger partial charge in [0.05, 0.1) is 27.4 Å². The van der Waals surface area contributed by atoms with Gasteiger partial charge in [-0.25, -0.2) is 9.59 Å². The van der Waals surface area contributed by atoms with Crippen LogP contribution in [0.25, 0.3) is 11.1 Å². The Bertz CT molecular complexity index is 999. The van der Waals surface area contributed by atoms with Gasteiger partial charge < -0.3 is 14.6 Å². The number of nitrogens with zero attached hydrogens (tertiary/aromatic N) is 2. The number of aromatic carboxylic acids is 1. The lowest BCUT2D eigenvalue weighted by Crippen LogP contribution is -2.30. The number of benzene rings is 1. The fraction of sp³-hybridized carbons (Fsp3) is 0.381. The molecular formula is C21H24N2O7. The summed E-state index contributed by atoms with van der Waals surface area (Å²) in [7, 11) is 1.53. The molecule has 0 fully saturated rings. The van der Waals surface area contributed by atoms with Gasteiger partial charge in [-0.15, -0.1) is 0 Å². The van der Waals surface area contributed by atoms with Crippen LogP contribution in [0.15, 0.2) is 24.3 Å². The zero-order valence-corrected chi connectivity index (χ0v) is 17.5. The summed E-state index contributed by atoms with van der Waals surface area (Å²) in [6, 6.07) is 5.46. The number of aryl methyl sites for hydroxylation is 2. The molecule has 30 heavy (non-hydrogen) atoms. The van der Waals surface area contributed by atoms with Crippen molar-refractivity contribution < 1.29 is 29.1 Å². The lowest BCUT2D eigenvalue weighted by molar-refractivity contribution is -0.384. The van der Waals surface area contributed by atoms with Crippen LogP contribution in [0.3, 0.4) is 0 Å². The van der Waals surface area contributed by atoms with Gasteiger partial charge in [0.2, 0.25) is 0 Å². The van der Waals surface area contributed by atoms with Crippen molar-refractivity contribution in [1.82, 2.24) is 4.98 Å². The Kier molecular flexibility index (Phi) is 6.88. The van der Waals surface area contributed by atoms with Gasteiger partial charge in [0.15, 0.2) is 0 Å². The number of esters is 1. The van der Waals surface area contributed by atoms with Crippen LogP contribution in [0.5, 0.6) is 0 Å². The van der Waals surface area contributed by atoms with Crippen LogP contribution in [0.1, 0.15) is 52.4 Å². The number of carboxylic acid groups (broad SMARTS) is 1. The number of hydrogen-bond donors (Lipinski definition) is 1. The highest BCUT2D eigenvalue weighted by Gasteiger charge is 2.31. The van der Waals surface area contributed by atoms with Crippen molar-refractivity contribution in [1.29, 1.82) is 0 Å². The number of pyridine rings is 1. The average Bonchev–Trinajstić information content (AvgIpc) is 2.65. The fourth-order valence-electron chi connectivity index (χ4n) is 3.13. The smallest absolute Gasteiger partial charge is 0.341 e. The van der Waals surface area contributed by atoms with Crippen LogP contribution >= 0.6 is 0 Å². The summed E-state index contributed by atoms with van der Waals surface area (Å²) in [5.74, 6) is -2.06. The summed E-state index contributed by atoms with van der Waals surface area (Å²) in [6.07, 6.45) is 0.422. The minimum atomic E-state index is -1.30. The van der Waals surface area contributed by atoms with E-state index in [4.69, 9.17) is 9.47 Å². The first-order valence-electron chi connectivity index (χ1n) is 9.20. The number of aromatic nitrogens is 1. The fourth-order valence-corrected chi connectivity index (χ4v) is 3.13. The third-order valence-electron chi connectivity index (χ3n) is 4.60. The number of carboxylic acids is 1. The number of carbonyl (C=O) groups is 2. The summed E-state index contributed by atoms with van der Waals surface area (Å²) in [4.78, 5) is 40.0. The molecule has 9 heteroatoms. The van der Waals surface area contributed by atoms with Crippen LogP contribution in [-0.4, -0.2) is 46.3 Å². The minimum Gasteiger partial charge on any atom is -0.478 e. The van der Waals surface area contributed by atoms with Gasteiger partial charge in [-0.1, -0.05) is 12.1 Å². The van der Waals surface area contributed by atoms with Crippen LogP contribution in [-0.2, 0) is 9.47 Å². The maximum absolute atomic E-state index is 13.1. The minimum absolute atomic E-state index is 0.0380. The number of ether oxygens (including phenoxy) is 2. The molecule has 0 aliphatic heterocycles. The van der Waals surface area contributed by atoms with E-state index in [-0.39, 0.29) is 39.3 Å². The predicted molar refractivity (Wildman–Crippen MR) is 109 cm³/mol. The standard InChI is InChI=1S/C21H24N2O7/c1-12-16(19(24)25)18(14-7-6-8-15(11-14)23(27)28)17(13(2)22-12)20(26)30-21(3,4)9-10-29-5/h6-8,11H,9-10H2,1-5H3,(H,24,25). The highest BCUT2D eigenvalue weighted by atomic mass is 16.6. The molecule has 0 bridgehead atoms. The van der Waals surface area contributed by atoms with Crippen molar-refractivity contribution in [3.63, 3.8) is 0 Å². The Morgan fingerprint density at radius 3 is 2.40 bits per heavy atom. The third kappa shape index (κ3) is 4.98. The SMILES string of the molecule is COCCC(C)(C)OC(=O)c1c(C)nc(C)c(C(=O)O)c1-c1cccc([N+](=O)[O-])c1. The Morgan fingerprint density at radius 2 is 1.83 bits per heavy atom. The summed E-state index contributed by atoms with van der Waals surface area (Å²) in [5, 5.41) is 21.0. The monoisotopic (exact) mass is 416 g/mol. The van der Waals surface area contributed by atoms with Gasteiger partial charge in [-0.05, 0) is 33.3 Å². The lowest BCUT2D eigenvalue weighted by Gasteiger charge is -2.26. The molecule has 1 aromatic carbocycles. The average molecular weight is 416 g/mol. The predicted octanol–water partition coefficient (Wildman–Crippen LogP) is 3.94. The summed E-state index contributed by atoms with van der Waals surface area (Å²) in [5.41, 5.74) is -0.625. The maximum Gasteiger partial charge on any atom is 0.341 e. The number of nitro benzene ring substituents is 1. The van der Waals surface area contributed by atoms with Crippen LogP contribution in [0.2, 0.25) is 0 Å². The number of nitro groups is 1. The van der Waals surface area contributed by atoms with E-state index in [1.807, 2.05) is 0 Å². The first-order chi connectivity index (χ1) is 14.0. The van der Waals surface area contributed by atoms with E-state index in [0.29, 0.717) is 13.0 Å². The normalized spacial score (nSPS) is 11.2. The molecule has 2 aromatic rings. The molecule has 160 valence electrons. The van der Waals surface area contributed by atoms with Gasteiger partial charge in [0.1, 0.15) is 5.60 Å². The number of methoxy groups -OCH3 is 1. The highest BCUT2D eigenvalue weighted by Crippen LogP contribution is 2.34. The molecule has 2 rings (SSSR count). The molecular weight excluding hydrogens is 392 g/mol. The molecule has 0 spiro atoms. The van der Waals surface area contributed by atoms with Crippen molar-refractivity contribution >= 4 is 17.6 Å². The van der Waals surface area contributed by atoms with E-state index < -0.39 is 22.5 Å². The molecule has 0 saturated heterocycles. The highest BCUT2D eigenvalue weighted by molar-refractivity contribution is 6.06. The second kappa shape index (κ2) is 9.00. The quantitative estimate of drug-likeness (QED) is 0.389. The zero-order valence-electron chi connectivity index (χ0n) is 17.5. The molecule has 0 amide bonds. The van der Waals surface area contributed by atoms with Gasteiger partial charge in [-0.2, -0.15) is 0 Å². The van der Waals surface area contributed by atoms with E-state index in [1.54, 1.807) is 20.8 Å². The topological polar surface area (TPSA) is 129 Å². The molecule has 0 aliphatic rings. The Balaban J connectivity index is 2.73. The van der Waals surface area contributed by atoms with Gasteiger partial charge >= 0.3 is 11.9 Å². The van der Waals surface area contributed by atoms with Crippen LogP contribution < -0.4 is 0 Å². The van der Waals surface area contributed by atoms with Gasteiger partial charge in [0.25, 0.3) is 5.69 Å². The van der Waals surface area contributed by atoms with E-state index in [1.165, 1.54) is 38.3 Å². The first-order valence-corrected chi connectivity index (χ1v) is 9.20. The molecule has 0 aliphatic carbocycles. The second-order valence-corrected chi connectivity index (χ2v) is 7.41. The lowest BCUT2D eigenvalue weighted by atomic mass is 9.92. The van der Waals surface area contributed by atoms with E-state index in [0.717, 1.165) is 0 Å². The van der Waals surface area contributed by atoms with Crippen molar-refractivity contribution in [3.8, 4) is 11.1 Å². The largest absolute Gasteiger partial charge is 0.478 e. The number of rotatable bonds is 8.